The van der Waals surface area contributed by atoms with Crippen LogP contribution < -0.4 is 0 Å². The molecule has 0 saturated carbocycles. The molecule has 0 aliphatic rings. The summed E-state index contributed by atoms with van der Waals surface area (Å²) in [5, 5.41) is 16.4. The predicted octanol–water partition coefficient (Wildman–Crippen LogP) is 4.31. The molecule has 16 heavy (non-hydrogen) atoms. The lowest BCUT2D eigenvalue weighted by Gasteiger charge is -2.16. The van der Waals surface area contributed by atoms with Crippen LogP contribution in [-0.4, -0.2) is 16.9 Å². The van der Waals surface area contributed by atoms with Gasteiger partial charge in [0.1, 0.15) is 0 Å². The number of rotatable bonds is 11. The van der Waals surface area contributed by atoms with Crippen molar-refractivity contribution in [2.45, 2.75) is 83.7 Å². The number of unbranched alkanes of at least 4 members (excludes halogenated alkanes) is 8. The average Bonchev–Trinajstić information content (AvgIpc) is 2.19. The first-order valence-electron chi connectivity index (χ1n) is 6.77. The van der Waals surface area contributed by atoms with E-state index in [1.165, 1.54) is 51.2 Å². The van der Waals surface area contributed by atoms with Gasteiger partial charge in [-0.1, -0.05) is 44.9 Å². The van der Waals surface area contributed by atoms with Crippen LogP contribution in [0.5, 0.6) is 0 Å². The van der Waals surface area contributed by atoms with Gasteiger partial charge in [0.25, 0.3) is 0 Å². The molecule has 0 atom stereocenters. The Hall–Kier alpha value is -0.370. The fourth-order valence-corrected chi connectivity index (χ4v) is 1.86. The quantitative estimate of drug-likeness (QED) is 0.401. The van der Waals surface area contributed by atoms with Crippen LogP contribution in [0.25, 0.3) is 0 Å². The van der Waals surface area contributed by atoms with Crippen molar-refractivity contribution in [1.29, 1.82) is 5.41 Å². The summed E-state index contributed by atoms with van der Waals surface area (Å²) in [6.45, 7) is 3.77. The highest BCUT2D eigenvalue weighted by atomic mass is 16.3. The van der Waals surface area contributed by atoms with E-state index in [0.29, 0.717) is 0 Å². The molecule has 0 aliphatic heterocycles. The van der Waals surface area contributed by atoms with Gasteiger partial charge in [-0.3, -0.25) is 0 Å². The van der Waals surface area contributed by atoms with Crippen molar-refractivity contribution in [3.8, 4) is 0 Å². The smallest absolute Gasteiger partial charge is 0.0591 e. The molecule has 2 N–H and O–H groups in total. The Balaban J connectivity index is 3.01. The number of nitrogens with one attached hydrogen (secondary N) is 1. The van der Waals surface area contributed by atoms with E-state index in [2.05, 4.69) is 0 Å². The van der Waals surface area contributed by atoms with Crippen LogP contribution in [0.3, 0.4) is 0 Å². The van der Waals surface area contributed by atoms with Crippen molar-refractivity contribution in [2.24, 2.45) is 0 Å². The Morgan fingerprint density at radius 2 is 1.31 bits per heavy atom. The van der Waals surface area contributed by atoms with E-state index in [1.54, 1.807) is 0 Å². The van der Waals surface area contributed by atoms with Crippen LogP contribution in [-0.2, 0) is 0 Å². The van der Waals surface area contributed by atoms with Crippen LogP contribution in [0.1, 0.15) is 78.1 Å². The maximum Gasteiger partial charge on any atom is 0.0591 e. The normalized spacial score (nSPS) is 11.7. The molecule has 2 nitrogen and oxygen atoms in total. The highest BCUT2D eigenvalue weighted by molar-refractivity contribution is 5.52. The van der Waals surface area contributed by atoms with E-state index >= 15 is 0 Å². The molecule has 0 fully saturated rings. The molecular formula is C14H29NO. The standard InChI is InChI=1S/C14H29NO/c1-14(2,16)12-10-8-6-4-3-5-7-9-11-13-15/h13,15-16H,3-12H2,1-2H3. The van der Waals surface area contributed by atoms with Crippen LogP contribution in [0.15, 0.2) is 0 Å². The van der Waals surface area contributed by atoms with Gasteiger partial charge in [-0.25, -0.2) is 0 Å². The van der Waals surface area contributed by atoms with E-state index in [4.69, 9.17) is 5.41 Å². The van der Waals surface area contributed by atoms with Gasteiger partial charge in [0, 0.05) is 0 Å². The largest absolute Gasteiger partial charge is 0.390 e. The molecule has 0 aliphatic carbocycles. The Morgan fingerprint density at radius 3 is 1.75 bits per heavy atom. The lowest BCUT2D eigenvalue weighted by molar-refractivity contribution is 0.0680. The first kappa shape index (κ1) is 15.6. The summed E-state index contributed by atoms with van der Waals surface area (Å²) < 4.78 is 0. The number of hydrogen-bond donors (Lipinski definition) is 2. The fraction of sp³-hybridized carbons (Fsp3) is 0.929. The van der Waals surface area contributed by atoms with Crippen molar-refractivity contribution in [2.75, 3.05) is 0 Å². The molecule has 0 bridgehead atoms. The van der Waals surface area contributed by atoms with E-state index in [-0.39, 0.29) is 0 Å². The minimum Gasteiger partial charge on any atom is -0.390 e. The van der Waals surface area contributed by atoms with E-state index in [9.17, 15) is 5.11 Å². The molecule has 0 amide bonds. The van der Waals surface area contributed by atoms with Crippen LogP contribution >= 0.6 is 0 Å². The summed E-state index contributed by atoms with van der Waals surface area (Å²) >= 11 is 0. The summed E-state index contributed by atoms with van der Waals surface area (Å²) in [6, 6.07) is 0. The summed E-state index contributed by atoms with van der Waals surface area (Å²) in [5.74, 6) is 0. The molecule has 2 heteroatoms. The maximum absolute atomic E-state index is 9.52. The van der Waals surface area contributed by atoms with E-state index in [1.807, 2.05) is 13.8 Å². The molecule has 0 rings (SSSR count). The van der Waals surface area contributed by atoms with Gasteiger partial charge in [0.2, 0.25) is 0 Å². The first-order chi connectivity index (χ1) is 7.56. The summed E-state index contributed by atoms with van der Waals surface area (Å²) in [5.41, 5.74) is -0.479. The molecule has 0 heterocycles. The molecule has 0 saturated heterocycles. The number of aliphatic hydroxyl groups is 1. The highest BCUT2D eigenvalue weighted by Gasteiger charge is 2.10. The molecule has 96 valence electrons. The maximum atomic E-state index is 9.52. The van der Waals surface area contributed by atoms with Crippen molar-refractivity contribution in [3.63, 3.8) is 0 Å². The summed E-state index contributed by atoms with van der Waals surface area (Å²) in [4.78, 5) is 0. The van der Waals surface area contributed by atoms with Gasteiger partial charge < -0.3 is 10.5 Å². The van der Waals surface area contributed by atoms with Crippen molar-refractivity contribution < 1.29 is 5.11 Å². The Morgan fingerprint density at radius 1 is 0.875 bits per heavy atom. The second-order valence-corrected chi connectivity index (χ2v) is 5.38. The van der Waals surface area contributed by atoms with Gasteiger partial charge in [0.05, 0.1) is 5.60 Å². The predicted molar refractivity (Wildman–Crippen MR) is 71.3 cm³/mol. The zero-order valence-corrected chi connectivity index (χ0v) is 11.1. The molecule has 0 unspecified atom stereocenters. The average molecular weight is 227 g/mol. The molecule has 0 radical (unpaired) electrons. The Kier molecular flexibility index (Phi) is 9.60. The highest BCUT2D eigenvalue weighted by Crippen LogP contribution is 2.15. The minimum atomic E-state index is -0.479. The monoisotopic (exact) mass is 227 g/mol. The fourth-order valence-electron chi connectivity index (χ4n) is 1.86. The lowest BCUT2D eigenvalue weighted by atomic mass is 9.99. The van der Waals surface area contributed by atoms with Gasteiger partial charge in [-0.15, -0.1) is 0 Å². The van der Waals surface area contributed by atoms with Gasteiger partial charge in [0.15, 0.2) is 0 Å². The third kappa shape index (κ3) is 13.6. The summed E-state index contributed by atoms with van der Waals surface area (Å²) in [7, 11) is 0. The lowest BCUT2D eigenvalue weighted by Crippen LogP contribution is -2.17. The van der Waals surface area contributed by atoms with E-state index < -0.39 is 5.60 Å². The summed E-state index contributed by atoms with van der Waals surface area (Å²) in [6.07, 6.45) is 13.5. The van der Waals surface area contributed by atoms with Crippen LogP contribution in [0.2, 0.25) is 0 Å². The second kappa shape index (κ2) is 9.83. The topological polar surface area (TPSA) is 44.1 Å². The Labute approximate surface area is 101 Å². The van der Waals surface area contributed by atoms with Gasteiger partial charge >= 0.3 is 0 Å². The second-order valence-electron chi connectivity index (χ2n) is 5.38. The van der Waals surface area contributed by atoms with Crippen molar-refractivity contribution >= 4 is 6.21 Å². The van der Waals surface area contributed by atoms with Crippen LogP contribution in [0, 0.1) is 5.41 Å². The van der Waals surface area contributed by atoms with Gasteiger partial charge in [-0.05, 0) is 39.3 Å². The van der Waals surface area contributed by atoms with E-state index in [0.717, 1.165) is 19.3 Å². The molecule has 0 spiro atoms. The Bertz CT molecular complexity index is 161. The third-order valence-corrected chi connectivity index (χ3v) is 2.89. The minimum absolute atomic E-state index is 0.479. The first-order valence-corrected chi connectivity index (χ1v) is 6.77. The van der Waals surface area contributed by atoms with Crippen molar-refractivity contribution in [3.05, 3.63) is 0 Å². The van der Waals surface area contributed by atoms with Gasteiger partial charge in [-0.2, -0.15) is 0 Å². The molecule has 0 aromatic heterocycles. The third-order valence-electron chi connectivity index (χ3n) is 2.89. The SMILES string of the molecule is CC(C)(O)CCCCCCCCCCC=N. The zero-order valence-electron chi connectivity index (χ0n) is 11.1. The van der Waals surface area contributed by atoms with Crippen molar-refractivity contribution in [1.82, 2.24) is 0 Å². The zero-order chi connectivity index (χ0) is 12.3. The van der Waals surface area contributed by atoms with Crippen LogP contribution in [0.4, 0.5) is 0 Å². The number of hydrogen-bond acceptors (Lipinski definition) is 2. The molecule has 0 aromatic carbocycles. The molecular weight excluding hydrogens is 198 g/mol. The molecule has 0 aromatic rings.